The van der Waals surface area contributed by atoms with E-state index in [4.69, 9.17) is 4.74 Å². The molecule has 1 aliphatic heterocycles. The van der Waals surface area contributed by atoms with Crippen molar-refractivity contribution in [1.29, 1.82) is 0 Å². The van der Waals surface area contributed by atoms with Gasteiger partial charge in [-0.3, -0.25) is 9.59 Å². The van der Waals surface area contributed by atoms with E-state index in [0.717, 1.165) is 11.8 Å². The maximum atomic E-state index is 12.1. The number of carboxylic acids is 1. The van der Waals surface area contributed by atoms with E-state index in [2.05, 4.69) is 5.32 Å². The highest BCUT2D eigenvalue weighted by atomic mass is 32.2. The summed E-state index contributed by atoms with van der Waals surface area (Å²) in [6.07, 6.45) is -0.543. The lowest BCUT2D eigenvalue weighted by Crippen LogP contribution is -2.40. The number of hydrogen-bond acceptors (Lipinski definition) is 6. The van der Waals surface area contributed by atoms with Crippen LogP contribution in [-0.4, -0.2) is 64.6 Å². The number of ether oxygens (including phenoxy) is 1. The number of carbonyl (C=O) groups excluding carboxylic acids is 3. The number of nitrogens with one attached hydrogen (secondary N) is 1. The molecule has 1 heterocycles. The van der Waals surface area contributed by atoms with Gasteiger partial charge in [0.05, 0.1) is 6.54 Å². The van der Waals surface area contributed by atoms with Crippen molar-refractivity contribution in [3.8, 4) is 0 Å². The summed E-state index contributed by atoms with van der Waals surface area (Å²) < 4.78 is 5.02. The highest BCUT2D eigenvalue weighted by Crippen LogP contribution is 2.22. The molecule has 2 atom stereocenters. The van der Waals surface area contributed by atoms with Crippen LogP contribution in [0.2, 0.25) is 0 Å². The molecule has 0 aromatic carbocycles. The van der Waals surface area contributed by atoms with Crippen LogP contribution in [0.25, 0.3) is 0 Å². The second-order valence-corrected chi connectivity index (χ2v) is 6.13. The third-order valence-electron chi connectivity index (χ3n) is 3.19. The van der Waals surface area contributed by atoms with E-state index in [1.807, 2.05) is 0 Å². The maximum Gasteiger partial charge on any atom is 0.407 e. The largest absolute Gasteiger partial charge is 0.480 e. The molecule has 8 nitrogen and oxygen atoms in total. The molecule has 0 aromatic heterocycles. The summed E-state index contributed by atoms with van der Waals surface area (Å²) in [5.41, 5.74) is 0. The number of rotatable bonds is 6. The van der Waals surface area contributed by atoms with Crippen molar-refractivity contribution in [3.05, 3.63) is 0 Å². The third kappa shape index (κ3) is 5.55. The second-order valence-electron chi connectivity index (χ2n) is 4.86. The van der Waals surface area contributed by atoms with Crippen molar-refractivity contribution in [2.45, 2.75) is 38.3 Å². The van der Waals surface area contributed by atoms with E-state index in [-0.39, 0.29) is 30.4 Å². The Labute approximate surface area is 132 Å². The van der Waals surface area contributed by atoms with E-state index in [1.54, 1.807) is 0 Å². The van der Waals surface area contributed by atoms with Crippen LogP contribution in [0.4, 0.5) is 4.79 Å². The fourth-order valence-corrected chi connectivity index (χ4v) is 2.76. The van der Waals surface area contributed by atoms with Gasteiger partial charge in [0.25, 0.3) is 0 Å². The predicted molar refractivity (Wildman–Crippen MR) is 79.5 cm³/mol. The molecule has 124 valence electrons. The number of aliphatic carboxylic acids is 1. The second kappa shape index (κ2) is 8.62. The highest BCUT2D eigenvalue weighted by Gasteiger charge is 2.41. The molecule has 0 radical (unpaired) electrons. The van der Waals surface area contributed by atoms with Crippen LogP contribution >= 0.6 is 11.8 Å². The minimum atomic E-state index is -1.12. The van der Waals surface area contributed by atoms with Crippen LogP contribution in [0.5, 0.6) is 0 Å². The van der Waals surface area contributed by atoms with Gasteiger partial charge in [-0.15, -0.1) is 0 Å². The molecule has 2 amide bonds. The first-order valence-electron chi connectivity index (χ1n) is 6.89. The average molecular weight is 332 g/mol. The number of carbonyl (C=O) groups is 4. The van der Waals surface area contributed by atoms with Crippen LogP contribution < -0.4 is 5.32 Å². The normalized spacial score (nSPS) is 20.5. The van der Waals surface area contributed by atoms with Gasteiger partial charge in [0.1, 0.15) is 12.1 Å². The molecule has 0 saturated carbocycles. The zero-order valence-corrected chi connectivity index (χ0v) is 13.4. The van der Waals surface area contributed by atoms with Crippen LogP contribution in [0, 0.1) is 0 Å². The molecule has 1 saturated heterocycles. The molecule has 22 heavy (non-hydrogen) atoms. The number of thioether (sulfide) groups is 1. The molecular formula is C13H20N2O6S. The number of carboxylic acid groups (broad SMARTS) is 1. The average Bonchev–Trinajstić information content (AvgIpc) is 2.87. The van der Waals surface area contributed by atoms with Gasteiger partial charge in [0.15, 0.2) is 5.12 Å². The monoisotopic (exact) mass is 332 g/mol. The lowest BCUT2D eigenvalue weighted by molar-refractivity contribution is -0.148. The molecule has 0 bridgehead atoms. The molecule has 0 aliphatic carbocycles. The lowest BCUT2D eigenvalue weighted by Gasteiger charge is -2.21. The number of hydrogen-bond donors (Lipinski definition) is 2. The number of nitrogens with zero attached hydrogens (tertiary/aromatic N) is 1. The van der Waals surface area contributed by atoms with Gasteiger partial charge in [0.2, 0.25) is 5.91 Å². The summed E-state index contributed by atoms with van der Waals surface area (Å²) in [5, 5.41) is 11.5. The molecule has 0 spiro atoms. The predicted octanol–water partition coefficient (Wildman–Crippen LogP) is 0.456. The Morgan fingerprint density at radius 3 is 2.59 bits per heavy atom. The van der Waals surface area contributed by atoms with Gasteiger partial charge in [-0.25, -0.2) is 9.59 Å². The third-order valence-corrected chi connectivity index (χ3v) is 4.09. The zero-order chi connectivity index (χ0) is 16.7. The summed E-state index contributed by atoms with van der Waals surface area (Å²) in [6, 6.07) is -0.984. The quantitative estimate of drug-likeness (QED) is 0.679. The lowest BCUT2D eigenvalue weighted by atomic mass is 10.2. The Morgan fingerprint density at radius 1 is 1.36 bits per heavy atom. The van der Waals surface area contributed by atoms with E-state index in [0.29, 0.717) is 12.2 Å². The van der Waals surface area contributed by atoms with Gasteiger partial charge in [-0.05, 0) is 6.42 Å². The molecule has 1 aliphatic rings. The minimum Gasteiger partial charge on any atom is -0.480 e. The standard InChI is InChI=1S/C13H20N2O6S/c1-8(16)22-5-3-4-11(17)15-7-9(21-13(20)14-2)6-10(15)12(18)19/h9-10H,3-7H2,1-2H3,(H,14,20)(H,18,19)/t9?,10-/m1/s1. The summed E-state index contributed by atoms with van der Waals surface area (Å²) in [6.45, 7) is 1.53. The fraction of sp³-hybridized carbons (Fsp3) is 0.692. The topological polar surface area (TPSA) is 113 Å². The molecule has 1 rings (SSSR count). The highest BCUT2D eigenvalue weighted by molar-refractivity contribution is 8.13. The molecule has 2 N–H and O–H groups in total. The number of alkyl carbamates (subject to hydrolysis) is 1. The van der Waals surface area contributed by atoms with Crippen molar-refractivity contribution >= 4 is 34.8 Å². The Bertz CT molecular complexity index is 456. The fourth-order valence-electron chi connectivity index (χ4n) is 2.19. The van der Waals surface area contributed by atoms with Gasteiger partial charge >= 0.3 is 12.1 Å². The molecule has 0 aromatic rings. The Balaban J connectivity index is 2.54. The first-order valence-corrected chi connectivity index (χ1v) is 7.87. The molecule has 9 heteroatoms. The SMILES string of the molecule is CNC(=O)OC1C[C@H](C(=O)O)N(C(=O)CCCSC(C)=O)C1. The Hall–Kier alpha value is -1.77. The van der Waals surface area contributed by atoms with Crippen LogP contribution in [-0.2, 0) is 19.1 Å². The summed E-state index contributed by atoms with van der Waals surface area (Å²) in [5.74, 6) is -0.904. The van der Waals surface area contributed by atoms with Gasteiger partial charge in [0, 0.05) is 32.6 Å². The molecule has 1 fully saturated rings. The van der Waals surface area contributed by atoms with Gasteiger partial charge in [-0.1, -0.05) is 11.8 Å². The van der Waals surface area contributed by atoms with E-state index < -0.39 is 24.2 Å². The summed E-state index contributed by atoms with van der Waals surface area (Å²) in [7, 11) is 1.40. The van der Waals surface area contributed by atoms with Crippen molar-refractivity contribution < 1.29 is 29.0 Å². The van der Waals surface area contributed by atoms with Crippen LogP contribution in [0.15, 0.2) is 0 Å². The first kappa shape index (κ1) is 18.3. The maximum absolute atomic E-state index is 12.1. The van der Waals surface area contributed by atoms with Crippen molar-refractivity contribution in [3.63, 3.8) is 0 Å². The van der Waals surface area contributed by atoms with E-state index in [1.165, 1.54) is 18.9 Å². The molecule has 1 unspecified atom stereocenters. The Morgan fingerprint density at radius 2 is 2.05 bits per heavy atom. The first-order chi connectivity index (χ1) is 10.3. The number of likely N-dealkylation sites (tertiary alicyclic amines) is 1. The van der Waals surface area contributed by atoms with Crippen LogP contribution in [0.1, 0.15) is 26.2 Å². The van der Waals surface area contributed by atoms with Crippen molar-refractivity contribution in [2.24, 2.45) is 0 Å². The number of amides is 2. The summed E-state index contributed by atoms with van der Waals surface area (Å²) >= 11 is 1.13. The minimum absolute atomic E-state index is 0.0175. The van der Waals surface area contributed by atoms with E-state index in [9.17, 15) is 24.3 Å². The van der Waals surface area contributed by atoms with Gasteiger partial charge in [-0.2, -0.15) is 0 Å². The van der Waals surface area contributed by atoms with Gasteiger partial charge < -0.3 is 20.1 Å². The zero-order valence-electron chi connectivity index (χ0n) is 12.5. The van der Waals surface area contributed by atoms with Crippen molar-refractivity contribution in [2.75, 3.05) is 19.3 Å². The van der Waals surface area contributed by atoms with Crippen molar-refractivity contribution in [1.82, 2.24) is 10.2 Å². The smallest absolute Gasteiger partial charge is 0.407 e. The Kier molecular flexibility index (Phi) is 7.16. The van der Waals surface area contributed by atoms with Crippen LogP contribution in [0.3, 0.4) is 0 Å². The van der Waals surface area contributed by atoms with E-state index >= 15 is 0 Å². The summed E-state index contributed by atoms with van der Waals surface area (Å²) in [4.78, 5) is 46.6. The molecular weight excluding hydrogens is 312 g/mol.